The van der Waals surface area contributed by atoms with E-state index in [1.807, 2.05) is 12.1 Å². The number of fused-ring (bicyclic) bond motifs is 1. The van der Waals surface area contributed by atoms with Crippen molar-refractivity contribution in [3.63, 3.8) is 0 Å². The minimum Gasteiger partial charge on any atom is -0.493 e. The number of benzene rings is 1. The zero-order valence-corrected chi connectivity index (χ0v) is 13.9. The van der Waals surface area contributed by atoms with Crippen molar-refractivity contribution in [3.8, 4) is 11.5 Å². The highest BCUT2D eigenvalue weighted by atomic mass is 16.5. The third kappa shape index (κ3) is 2.72. The van der Waals surface area contributed by atoms with E-state index in [-0.39, 0.29) is 11.5 Å². The molecule has 0 amide bonds. The van der Waals surface area contributed by atoms with Crippen LogP contribution in [-0.2, 0) is 5.41 Å². The molecule has 2 aliphatic rings. The SMILES string of the molecule is C=CCOc1cc([C@@]23CC[C@H](O)C=C2N(C)CC3)ccc1OC. The summed E-state index contributed by atoms with van der Waals surface area (Å²) in [5.74, 6) is 1.49. The van der Waals surface area contributed by atoms with Crippen LogP contribution in [-0.4, -0.2) is 43.4 Å². The number of methoxy groups -OCH3 is 1. The van der Waals surface area contributed by atoms with Crippen LogP contribution in [0.1, 0.15) is 24.8 Å². The van der Waals surface area contributed by atoms with Gasteiger partial charge in [0.25, 0.3) is 0 Å². The summed E-state index contributed by atoms with van der Waals surface area (Å²) >= 11 is 0. The van der Waals surface area contributed by atoms with E-state index in [1.165, 1.54) is 11.3 Å². The van der Waals surface area contributed by atoms with Crippen LogP contribution in [0, 0.1) is 0 Å². The molecule has 3 rings (SSSR count). The summed E-state index contributed by atoms with van der Waals surface area (Å²) in [5, 5.41) is 10.0. The smallest absolute Gasteiger partial charge is 0.161 e. The Hall–Kier alpha value is -1.94. The minimum absolute atomic E-state index is 0.0213. The summed E-state index contributed by atoms with van der Waals surface area (Å²) in [6.07, 6.45) is 6.23. The van der Waals surface area contributed by atoms with Crippen LogP contribution in [0.15, 0.2) is 42.6 Å². The first-order valence-electron chi connectivity index (χ1n) is 8.14. The minimum atomic E-state index is -0.339. The molecule has 0 aromatic heterocycles. The summed E-state index contributed by atoms with van der Waals surface area (Å²) in [6.45, 7) is 5.16. The normalized spacial score (nSPS) is 26.5. The van der Waals surface area contributed by atoms with Gasteiger partial charge in [0.1, 0.15) is 6.61 Å². The number of hydrogen-bond donors (Lipinski definition) is 1. The van der Waals surface area contributed by atoms with E-state index in [0.29, 0.717) is 6.61 Å². The molecule has 1 fully saturated rings. The van der Waals surface area contributed by atoms with Crippen molar-refractivity contribution in [2.24, 2.45) is 0 Å². The van der Waals surface area contributed by atoms with Gasteiger partial charge in [-0.25, -0.2) is 0 Å². The average Bonchev–Trinajstić information content (AvgIpc) is 2.90. The molecule has 2 atom stereocenters. The summed E-state index contributed by atoms with van der Waals surface area (Å²) in [5.41, 5.74) is 2.45. The molecule has 0 unspecified atom stereocenters. The number of likely N-dealkylation sites (tertiary alicyclic amines) is 1. The Kier molecular flexibility index (Phi) is 4.35. The van der Waals surface area contributed by atoms with E-state index < -0.39 is 0 Å². The van der Waals surface area contributed by atoms with Gasteiger partial charge in [0, 0.05) is 24.7 Å². The molecule has 1 aliphatic heterocycles. The third-order valence-electron chi connectivity index (χ3n) is 5.07. The predicted molar refractivity (Wildman–Crippen MR) is 90.9 cm³/mol. The first-order chi connectivity index (χ1) is 11.1. The number of nitrogens with zero attached hydrogens (tertiary/aromatic N) is 1. The molecule has 1 N–H and O–H groups in total. The number of allylic oxidation sites excluding steroid dienone is 1. The van der Waals surface area contributed by atoms with Crippen molar-refractivity contribution in [3.05, 3.63) is 48.2 Å². The number of likely N-dealkylation sites (N-methyl/N-ethyl adjacent to an activating group) is 1. The van der Waals surface area contributed by atoms with E-state index in [2.05, 4.69) is 30.7 Å². The topological polar surface area (TPSA) is 41.9 Å². The van der Waals surface area contributed by atoms with Gasteiger partial charge in [-0.1, -0.05) is 18.7 Å². The average molecular weight is 315 g/mol. The van der Waals surface area contributed by atoms with Crippen molar-refractivity contribution in [2.75, 3.05) is 27.3 Å². The summed E-state index contributed by atoms with van der Waals surface area (Å²) in [7, 11) is 3.75. The quantitative estimate of drug-likeness (QED) is 0.849. The maximum atomic E-state index is 10.0. The molecule has 0 spiro atoms. The lowest BCUT2D eigenvalue weighted by Gasteiger charge is -2.37. The van der Waals surface area contributed by atoms with Gasteiger partial charge in [-0.2, -0.15) is 0 Å². The highest BCUT2D eigenvalue weighted by Crippen LogP contribution is 2.50. The van der Waals surface area contributed by atoms with Crippen LogP contribution in [0.3, 0.4) is 0 Å². The Bertz CT molecular complexity index is 625. The zero-order chi connectivity index (χ0) is 16.4. The first-order valence-corrected chi connectivity index (χ1v) is 8.14. The fraction of sp³-hybridized carbons (Fsp3) is 0.474. The van der Waals surface area contributed by atoms with Gasteiger partial charge < -0.3 is 19.5 Å². The molecule has 124 valence electrons. The molecule has 0 saturated carbocycles. The van der Waals surface area contributed by atoms with E-state index in [4.69, 9.17) is 9.47 Å². The van der Waals surface area contributed by atoms with Gasteiger partial charge in [0.05, 0.1) is 13.2 Å². The van der Waals surface area contributed by atoms with Crippen molar-refractivity contribution < 1.29 is 14.6 Å². The standard InChI is InChI=1S/C19H25NO3/c1-4-11-23-17-12-14(5-6-16(17)22-3)19-8-7-15(21)13-18(19)20(2)10-9-19/h4-6,12-13,15,21H,1,7-11H2,2-3H3/t15-,19-/m0/s1. The molecular weight excluding hydrogens is 290 g/mol. The van der Waals surface area contributed by atoms with E-state index in [1.54, 1.807) is 13.2 Å². The monoisotopic (exact) mass is 315 g/mol. The second kappa shape index (κ2) is 6.28. The molecule has 1 saturated heterocycles. The van der Waals surface area contributed by atoms with Gasteiger partial charge in [-0.05, 0) is 43.0 Å². The van der Waals surface area contributed by atoms with E-state index in [9.17, 15) is 5.11 Å². The molecule has 1 aliphatic carbocycles. The van der Waals surface area contributed by atoms with Gasteiger partial charge in [0.2, 0.25) is 0 Å². The van der Waals surface area contributed by atoms with Crippen molar-refractivity contribution in [1.82, 2.24) is 4.90 Å². The molecule has 4 nitrogen and oxygen atoms in total. The molecule has 1 heterocycles. The second-order valence-electron chi connectivity index (χ2n) is 6.38. The molecular formula is C19H25NO3. The molecule has 4 heteroatoms. The maximum absolute atomic E-state index is 10.0. The van der Waals surface area contributed by atoms with Crippen LogP contribution in [0.4, 0.5) is 0 Å². The van der Waals surface area contributed by atoms with Crippen molar-refractivity contribution in [2.45, 2.75) is 30.8 Å². The van der Waals surface area contributed by atoms with Crippen molar-refractivity contribution in [1.29, 1.82) is 0 Å². The lowest BCUT2D eigenvalue weighted by Crippen LogP contribution is -2.33. The Morgan fingerprint density at radius 3 is 2.96 bits per heavy atom. The van der Waals surface area contributed by atoms with Crippen LogP contribution in [0.2, 0.25) is 0 Å². The Morgan fingerprint density at radius 2 is 2.22 bits per heavy atom. The van der Waals surface area contributed by atoms with Crippen LogP contribution in [0.5, 0.6) is 11.5 Å². The Labute approximate surface area is 138 Å². The van der Waals surface area contributed by atoms with Crippen LogP contribution < -0.4 is 9.47 Å². The Morgan fingerprint density at radius 1 is 1.39 bits per heavy atom. The predicted octanol–water partition coefficient (Wildman–Crippen LogP) is 2.87. The summed E-state index contributed by atoms with van der Waals surface area (Å²) < 4.78 is 11.2. The maximum Gasteiger partial charge on any atom is 0.161 e. The summed E-state index contributed by atoms with van der Waals surface area (Å²) in [6, 6.07) is 6.20. The van der Waals surface area contributed by atoms with E-state index >= 15 is 0 Å². The zero-order valence-electron chi connectivity index (χ0n) is 13.9. The molecule has 1 aromatic rings. The molecule has 0 bridgehead atoms. The number of aliphatic hydroxyl groups excluding tert-OH is 1. The third-order valence-corrected chi connectivity index (χ3v) is 5.07. The lowest BCUT2D eigenvalue weighted by molar-refractivity contribution is 0.181. The molecule has 1 aromatic carbocycles. The van der Waals surface area contributed by atoms with Gasteiger partial charge in [-0.3, -0.25) is 0 Å². The van der Waals surface area contributed by atoms with Gasteiger partial charge in [0.15, 0.2) is 11.5 Å². The lowest BCUT2D eigenvalue weighted by atomic mass is 9.70. The van der Waals surface area contributed by atoms with Crippen LogP contribution >= 0.6 is 0 Å². The fourth-order valence-electron chi connectivity index (χ4n) is 3.84. The second-order valence-corrected chi connectivity index (χ2v) is 6.38. The Balaban J connectivity index is 2.03. The largest absolute Gasteiger partial charge is 0.493 e. The number of aliphatic hydroxyl groups is 1. The molecule has 23 heavy (non-hydrogen) atoms. The highest BCUT2D eigenvalue weighted by molar-refractivity contribution is 5.49. The first kappa shape index (κ1) is 15.9. The highest BCUT2D eigenvalue weighted by Gasteiger charge is 2.45. The van der Waals surface area contributed by atoms with Crippen LogP contribution in [0.25, 0.3) is 0 Å². The fourth-order valence-corrected chi connectivity index (χ4v) is 3.84. The number of hydrogen-bond acceptors (Lipinski definition) is 4. The number of ether oxygens (including phenoxy) is 2. The van der Waals surface area contributed by atoms with Gasteiger partial charge in [-0.15, -0.1) is 0 Å². The number of rotatable bonds is 5. The summed E-state index contributed by atoms with van der Waals surface area (Å²) in [4.78, 5) is 2.26. The molecule has 0 radical (unpaired) electrons. The van der Waals surface area contributed by atoms with Gasteiger partial charge >= 0.3 is 0 Å². The van der Waals surface area contributed by atoms with E-state index in [0.717, 1.165) is 37.3 Å². The van der Waals surface area contributed by atoms with Crippen molar-refractivity contribution >= 4 is 0 Å².